The van der Waals surface area contributed by atoms with Gasteiger partial charge in [0.15, 0.2) is 0 Å². The van der Waals surface area contributed by atoms with E-state index in [1.165, 1.54) is 38.3 Å². The molecule has 6 rings (SSSR count). The number of carboxylic acids is 1. The number of nitrogens with zero attached hydrogens (tertiary/aromatic N) is 2. The van der Waals surface area contributed by atoms with Crippen molar-refractivity contribution in [2.45, 2.75) is 39.5 Å². The molecule has 0 bridgehead atoms. The maximum atomic E-state index is 13.0. The van der Waals surface area contributed by atoms with Gasteiger partial charge in [-0.05, 0) is 121 Å². The van der Waals surface area contributed by atoms with Crippen LogP contribution in [0.5, 0.6) is 23.0 Å². The Balaban J connectivity index is 0.000000315. The molecule has 4 aromatic carbocycles. The van der Waals surface area contributed by atoms with Crippen LogP contribution in [0, 0.1) is 23.5 Å². The summed E-state index contributed by atoms with van der Waals surface area (Å²) in [7, 11) is 1.31. The zero-order valence-corrected chi connectivity index (χ0v) is 34.1. The SMILES string of the molecule is COC(=O)[C@H](C)CC(=O)Cc1cccc(-c2ccc(Oc3ccc(F)cc3)cc2)n1.C[C@H](CC(=O)Cc1cccc(-c2ccc(Oc3ccc(F)cc3)cc2)n1)C(=O)O.[Li+].[OH-]. The van der Waals surface area contributed by atoms with Gasteiger partial charge in [0.25, 0.3) is 0 Å². The van der Waals surface area contributed by atoms with Crippen molar-refractivity contribution in [2.24, 2.45) is 11.8 Å². The summed E-state index contributed by atoms with van der Waals surface area (Å²) in [4.78, 5) is 55.7. The number of esters is 1. The third kappa shape index (κ3) is 15.5. The fourth-order valence-corrected chi connectivity index (χ4v) is 5.75. The summed E-state index contributed by atoms with van der Waals surface area (Å²) < 4.78 is 42.0. The number of carbonyl (C=O) groups is 4. The third-order valence-corrected chi connectivity index (χ3v) is 8.86. The Kier molecular flexibility index (Phi) is 19.1. The number of benzene rings is 4. The standard InChI is InChI=1S/C24H22FNO4.C23H20FNO4.Li.H2O/c1-16(24(28)29-2)14-20(27)15-19-4-3-5-23(26-19)17-6-10-21(11-7-17)30-22-12-8-18(25)9-13-22;1-15(23(27)28)13-19(26)14-18-3-2-4-22(25-18)16-5-9-20(10-6-16)29-21-11-7-17(24)8-12-21;;/h3-13,16H,14-15H2,1-2H3;2-12,15H,13-14H2,1H3,(H,27,28);;1H2/q;;+1;/p-1/t16-;15-;;/m11../s1. The van der Waals surface area contributed by atoms with Crippen molar-refractivity contribution in [3.8, 4) is 45.5 Å². The van der Waals surface area contributed by atoms with Gasteiger partial charge in [-0.25, -0.2) is 8.78 Å². The molecule has 2 atom stereocenters. The Labute approximate surface area is 364 Å². The zero-order valence-electron chi connectivity index (χ0n) is 34.1. The van der Waals surface area contributed by atoms with E-state index < -0.39 is 23.8 Å². The Morgan fingerprint density at radius 3 is 1.25 bits per heavy atom. The van der Waals surface area contributed by atoms with Crippen molar-refractivity contribution in [3.63, 3.8) is 0 Å². The molecule has 2 aromatic heterocycles. The number of carboxylic acid groups (broad SMARTS) is 1. The van der Waals surface area contributed by atoms with Crippen LogP contribution in [0.2, 0.25) is 0 Å². The van der Waals surface area contributed by atoms with Gasteiger partial charge in [0, 0.05) is 48.2 Å². The monoisotopic (exact) mass is 824 g/mol. The molecule has 310 valence electrons. The van der Waals surface area contributed by atoms with Crippen LogP contribution in [0.4, 0.5) is 8.78 Å². The van der Waals surface area contributed by atoms with E-state index in [4.69, 9.17) is 14.6 Å². The summed E-state index contributed by atoms with van der Waals surface area (Å²) >= 11 is 0. The normalized spacial score (nSPS) is 11.2. The Morgan fingerprint density at radius 2 is 0.902 bits per heavy atom. The molecule has 0 spiro atoms. The van der Waals surface area contributed by atoms with Gasteiger partial charge in [0.05, 0.1) is 30.3 Å². The molecule has 0 aliphatic rings. The topological polar surface area (TPSA) is 172 Å². The molecule has 2 N–H and O–H groups in total. The summed E-state index contributed by atoms with van der Waals surface area (Å²) in [6.45, 7) is 3.18. The number of Topliss-reactive ketones (excluding diaryl/α,β-unsaturated/α-hetero) is 2. The number of hydrogen-bond donors (Lipinski definition) is 1. The first-order valence-corrected chi connectivity index (χ1v) is 18.7. The van der Waals surface area contributed by atoms with Gasteiger partial charge >= 0.3 is 30.8 Å². The van der Waals surface area contributed by atoms with Gasteiger partial charge in [0.1, 0.15) is 46.2 Å². The number of halogens is 2. The van der Waals surface area contributed by atoms with Gasteiger partial charge in [-0.3, -0.25) is 29.1 Å². The molecule has 14 heteroatoms. The third-order valence-electron chi connectivity index (χ3n) is 8.86. The first kappa shape index (κ1) is 48.8. The van der Waals surface area contributed by atoms with E-state index in [2.05, 4.69) is 14.7 Å². The minimum Gasteiger partial charge on any atom is -0.870 e. The molecule has 0 unspecified atom stereocenters. The maximum absolute atomic E-state index is 13.0. The quantitative estimate of drug-likeness (QED) is 0.0812. The van der Waals surface area contributed by atoms with Crippen molar-refractivity contribution < 1.29 is 71.6 Å². The molecule has 0 fully saturated rings. The average Bonchev–Trinajstić information content (AvgIpc) is 3.23. The summed E-state index contributed by atoms with van der Waals surface area (Å²) in [6.07, 6.45) is 0.350. The first-order valence-electron chi connectivity index (χ1n) is 18.7. The molecular weight excluding hydrogens is 781 g/mol. The van der Waals surface area contributed by atoms with E-state index >= 15 is 0 Å². The number of carbonyl (C=O) groups excluding carboxylic acids is 3. The first-order chi connectivity index (χ1) is 28.3. The molecule has 0 amide bonds. The fourth-order valence-electron chi connectivity index (χ4n) is 5.75. The summed E-state index contributed by atoms with van der Waals surface area (Å²) in [5.41, 5.74) is 4.39. The van der Waals surface area contributed by atoms with Crippen molar-refractivity contribution >= 4 is 23.5 Å². The van der Waals surface area contributed by atoms with E-state index in [1.807, 2.05) is 48.5 Å². The van der Waals surface area contributed by atoms with Crippen LogP contribution in [0.1, 0.15) is 38.1 Å². The van der Waals surface area contributed by atoms with E-state index in [0.29, 0.717) is 40.1 Å². The van der Waals surface area contributed by atoms with Crippen LogP contribution in [-0.2, 0) is 36.8 Å². The van der Waals surface area contributed by atoms with Crippen molar-refractivity contribution in [1.29, 1.82) is 0 Å². The smallest absolute Gasteiger partial charge is 0.870 e. The van der Waals surface area contributed by atoms with Crippen LogP contribution >= 0.6 is 0 Å². The van der Waals surface area contributed by atoms with Crippen molar-refractivity contribution in [1.82, 2.24) is 9.97 Å². The molecule has 61 heavy (non-hydrogen) atoms. The molecule has 11 nitrogen and oxygen atoms in total. The number of ether oxygens (including phenoxy) is 3. The maximum Gasteiger partial charge on any atom is 1.00 e. The van der Waals surface area contributed by atoms with Crippen LogP contribution < -0.4 is 28.3 Å². The Bertz CT molecular complexity index is 2360. The van der Waals surface area contributed by atoms with Crippen LogP contribution in [0.15, 0.2) is 133 Å². The second-order valence-corrected chi connectivity index (χ2v) is 13.7. The molecule has 0 aliphatic carbocycles. The van der Waals surface area contributed by atoms with Crippen molar-refractivity contribution in [3.05, 3.63) is 156 Å². The number of aromatic nitrogens is 2. The minimum atomic E-state index is -0.983. The van der Waals surface area contributed by atoms with E-state index in [0.717, 1.165) is 16.8 Å². The summed E-state index contributed by atoms with van der Waals surface area (Å²) in [5.74, 6) is -1.13. The number of ketones is 2. The molecule has 0 saturated carbocycles. The molecule has 0 aliphatic heterocycles. The second-order valence-electron chi connectivity index (χ2n) is 13.7. The van der Waals surface area contributed by atoms with E-state index in [1.54, 1.807) is 67.6 Å². The van der Waals surface area contributed by atoms with Gasteiger partial charge in [-0.15, -0.1) is 0 Å². The largest absolute Gasteiger partial charge is 1.00 e. The van der Waals surface area contributed by atoms with Gasteiger partial charge < -0.3 is 24.8 Å². The van der Waals surface area contributed by atoms with Gasteiger partial charge in [-0.2, -0.15) is 0 Å². The number of methoxy groups -OCH3 is 1. The molecule has 0 radical (unpaired) electrons. The number of pyridine rings is 2. The second kappa shape index (κ2) is 23.9. The summed E-state index contributed by atoms with van der Waals surface area (Å²) in [6, 6.07) is 37.1. The average molecular weight is 825 g/mol. The Morgan fingerprint density at radius 1 is 0.557 bits per heavy atom. The van der Waals surface area contributed by atoms with Crippen LogP contribution in [0.3, 0.4) is 0 Å². The van der Waals surface area contributed by atoms with Crippen molar-refractivity contribution in [2.75, 3.05) is 7.11 Å². The fraction of sp³-hybridized carbons (Fsp3) is 0.191. The molecule has 2 heterocycles. The molecule has 0 saturated heterocycles. The van der Waals surface area contributed by atoms with Gasteiger partial charge in [0.2, 0.25) is 0 Å². The molecular formula is C47H43F2LiN2O9. The predicted octanol–water partition coefficient (Wildman–Crippen LogP) is 6.72. The zero-order chi connectivity index (χ0) is 42.3. The Hall–Kier alpha value is -6.52. The number of rotatable bonds is 16. The number of aliphatic carboxylic acids is 1. The molecule has 6 aromatic rings. The minimum absolute atomic E-state index is 0. The van der Waals surface area contributed by atoms with E-state index in [-0.39, 0.29) is 73.2 Å². The van der Waals surface area contributed by atoms with Gasteiger partial charge in [-0.1, -0.05) is 26.0 Å². The van der Waals surface area contributed by atoms with E-state index in [9.17, 15) is 28.0 Å². The predicted molar refractivity (Wildman–Crippen MR) is 219 cm³/mol. The van der Waals surface area contributed by atoms with Crippen LogP contribution in [-0.4, -0.2) is 51.2 Å². The summed E-state index contributed by atoms with van der Waals surface area (Å²) in [5, 5.41) is 8.92. The number of hydrogen-bond acceptors (Lipinski definition) is 10. The van der Waals surface area contributed by atoms with Crippen LogP contribution in [0.25, 0.3) is 22.5 Å².